The molecule has 2 aromatic rings. The van der Waals surface area contributed by atoms with Gasteiger partial charge in [0, 0.05) is 68.8 Å². The minimum atomic E-state index is -0.00339. The molecule has 142 valence electrons. The number of nitrogens with one attached hydrogen (secondary N) is 1. The summed E-state index contributed by atoms with van der Waals surface area (Å²) < 4.78 is 11.3. The monoisotopic (exact) mass is 378 g/mol. The number of carbonyl (C=O) groups excluding carboxylic acids is 1. The van der Waals surface area contributed by atoms with Gasteiger partial charge in [0.25, 0.3) is 0 Å². The first kappa shape index (κ1) is 18.8. The smallest absolute Gasteiger partial charge is 0.223 e. The van der Waals surface area contributed by atoms with Gasteiger partial charge in [-0.2, -0.15) is 9.47 Å². The Labute approximate surface area is 157 Å². The number of ether oxygens (including phenoxy) is 1. The molecule has 0 spiro atoms. The topological polar surface area (TPSA) is 85.2 Å². The number of hydrogen-bond donors (Lipinski definition) is 1. The van der Waals surface area contributed by atoms with E-state index in [1.807, 2.05) is 24.3 Å². The molecule has 1 aliphatic heterocycles. The summed E-state index contributed by atoms with van der Waals surface area (Å²) >= 11 is 1.37. The van der Waals surface area contributed by atoms with Crippen molar-refractivity contribution in [1.82, 2.24) is 24.0 Å². The summed E-state index contributed by atoms with van der Waals surface area (Å²) in [4.78, 5) is 19.0. The summed E-state index contributed by atoms with van der Waals surface area (Å²) in [5, 5.41) is 8.46. The van der Waals surface area contributed by atoms with Crippen LogP contribution in [0.4, 0.5) is 5.13 Å². The standard InChI is InChI=1S/C17H26N6O2S/c1-11(2)16-20-17(26-21-16)18-8-12-7-14(24)23(5-6-25-4)15(12)13-9-19-22(3)10-13/h9-12,15H,5-8H2,1-4H3,(H,18,20,21)/t12-,15+/m0/s1. The van der Waals surface area contributed by atoms with Gasteiger partial charge in [0.05, 0.1) is 18.8 Å². The van der Waals surface area contributed by atoms with Crippen LogP contribution in [-0.4, -0.2) is 56.8 Å². The number of rotatable bonds is 8. The highest BCUT2D eigenvalue weighted by Crippen LogP contribution is 2.38. The van der Waals surface area contributed by atoms with Crippen molar-refractivity contribution < 1.29 is 9.53 Å². The molecule has 0 saturated carbocycles. The Morgan fingerprint density at radius 3 is 2.88 bits per heavy atom. The molecule has 0 aliphatic carbocycles. The number of nitrogens with zero attached hydrogens (tertiary/aromatic N) is 5. The van der Waals surface area contributed by atoms with E-state index in [0.717, 1.165) is 16.5 Å². The lowest BCUT2D eigenvalue weighted by atomic mass is 9.95. The van der Waals surface area contributed by atoms with Crippen LogP contribution in [0.3, 0.4) is 0 Å². The van der Waals surface area contributed by atoms with Crippen molar-refractivity contribution in [3.63, 3.8) is 0 Å². The molecular weight excluding hydrogens is 352 g/mol. The number of aromatic nitrogens is 4. The zero-order valence-corrected chi connectivity index (χ0v) is 16.5. The van der Waals surface area contributed by atoms with E-state index in [2.05, 4.69) is 33.6 Å². The minimum Gasteiger partial charge on any atom is -0.383 e. The molecule has 9 heteroatoms. The summed E-state index contributed by atoms with van der Waals surface area (Å²) in [6.45, 7) is 5.93. The number of amides is 1. The number of carbonyl (C=O) groups is 1. The Hall–Kier alpha value is -2.00. The summed E-state index contributed by atoms with van der Waals surface area (Å²) in [6.07, 6.45) is 4.34. The van der Waals surface area contributed by atoms with E-state index in [1.165, 1.54) is 11.5 Å². The molecule has 3 rings (SSSR count). The van der Waals surface area contributed by atoms with E-state index < -0.39 is 0 Å². The highest BCUT2D eigenvalue weighted by Gasteiger charge is 2.40. The molecule has 8 nitrogen and oxygen atoms in total. The van der Waals surface area contributed by atoms with E-state index in [4.69, 9.17) is 4.74 Å². The molecule has 0 radical (unpaired) electrons. The zero-order chi connectivity index (χ0) is 18.7. The van der Waals surface area contributed by atoms with Gasteiger partial charge in [0.2, 0.25) is 11.0 Å². The van der Waals surface area contributed by atoms with Gasteiger partial charge in [-0.25, -0.2) is 4.98 Å². The first-order valence-electron chi connectivity index (χ1n) is 8.84. The van der Waals surface area contributed by atoms with Crippen molar-refractivity contribution >= 4 is 22.6 Å². The Morgan fingerprint density at radius 1 is 1.46 bits per heavy atom. The number of anilines is 1. The third kappa shape index (κ3) is 4.04. The molecule has 2 atom stereocenters. The predicted octanol–water partition coefficient (Wildman–Crippen LogP) is 2.04. The van der Waals surface area contributed by atoms with Crippen LogP contribution in [0, 0.1) is 5.92 Å². The van der Waals surface area contributed by atoms with Crippen LogP contribution in [0.2, 0.25) is 0 Å². The zero-order valence-electron chi connectivity index (χ0n) is 15.7. The molecule has 1 fully saturated rings. The van der Waals surface area contributed by atoms with Gasteiger partial charge < -0.3 is 15.0 Å². The van der Waals surface area contributed by atoms with E-state index in [1.54, 1.807) is 11.8 Å². The largest absolute Gasteiger partial charge is 0.383 e. The van der Waals surface area contributed by atoms with Crippen molar-refractivity contribution in [1.29, 1.82) is 0 Å². The van der Waals surface area contributed by atoms with Crippen LogP contribution < -0.4 is 5.32 Å². The second-order valence-corrected chi connectivity index (χ2v) is 7.68. The third-order valence-electron chi connectivity index (χ3n) is 4.62. The second-order valence-electron chi connectivity index (χ2n) is 6.93. The Balaban J connectivity index is 1.74. The van der Waals surface area contributed by atoms with Crippen LogP contribution in [0.1, 0.15) is 43.6 Å². The normalized spacial score (nSPS) is 20.3. The molecule has 3 heterocycles. The van der Waals surface area contributed by atoms with Gasteiger partial charge in [-0.3, -0.25) is 9.48 Å². The number of likely N-dealkylation sites (tertiary alicyclic amines) is 1. The molecule has 0 unspecified atom stereocenters. The van der Waals surface area contributed by atoms with Crippen molar-refractivity contribution in [2.24, 2.45) is 13.0 Å². The lowest BCUT2D eigenvalue weighted by Gasteiger charge is -2.27. The average Bonchev–Trinajstić information content (AvgIpc) is 3.30. The predicted molar refractivity (Wildman–Crippen MR) is 100 cm³/mol. The van der Waals surface area contributed by atoms with Crippen LogP contribution >= 0.6 is 11.5 Å². The van der Waals surface area contributed by atoms with Crippen molar-refractivity contribution in [2.75, 3.05) is 32.1 Å². The fourth-order valence-corrected chi connectivity index (χ4v) is 4.02. The lowest BCUT2D eigenvalue weighted by Crippen LogP contribution is -2.33. The first-order chi connectivity index (χ1) is 12.5. The third-order valence-corrected chi connectivity index (χ3v) is 5.30. The van der Waals surface area contributed by atoms with Gasteiger partial charge in [0.1, 0.15) is 5.82 Å². The molecule has 0 aromatic carbocycles. The molecule has 1 saturated heterocycles. The molecule has 26 heavy (non-hydrogen) atoms. The maximum Gasteiger partial charge on any atom is 0.223 e. The molecule has 2 aromatic heterocycles. The molecule has 1 aliphatic rings. The van der Waals surface area contributed by atoms with Crippen LogP contribution in [0.15, 0.2) is 12.4 Å². The van der Waals surface area contributed by atoms with Crippen LogP contribution in [0.25, 0.3) is 0 Å². The van der Waals surface area contributed by atoms with Gasteiger partial charge in [0.15, 0.2) is 0 Å². The van der Waals surface area contributed by atoms with Crippen LogP contribution in [0.5, 0.6) is 0 Å². The number of methoxy groups -OCH3 is 1. The van der Waals surface area contributed by atoms with E-state index in [0.29, 0.717) is 32.0 Å². The summed E-state index contributed by atoms with van der Waals surface area (Å²) in [6, 6.07) is -0.00339. The first-order valence-corrected chi connectivity index (χ1v) is 9.61. The number of hydrogen-bond acceptors (Lipinski definition) is 7. The SMILES string of the molecule is COCCN1C(=O)C[C@@H](CNc2nc(C(C)C)ns2)[C@@H]1c1cnn(C)c1. The summed E-state index contributed by atoms with van der Waals surface area (Å²) in [5.74, 6) is 1.46. The van der Waals surface area contributed by atoms with Gasteiger partial charge in [-0.15, -0.1) is 0 Å². The summed E-state index contributed by atoms with van der Waals surface area (Å²) in [5.41, 5.74) is 1.06. The van der Waals surface area contributed by atoms with E-state index >= 15 is 0 Å². The minimum absolute atomic E-state index is 0.00339. The van der Waals surface area contributed by atoms with Gasteiger partial charge in [-0.1, -0.05) is 13.8 Å². The Kier molecular flexibility index (Phi) is 5.87. The quantitative estimate of drug-likeness (QED) is 0.757. The summed E-state index contributed by atoms with van der Waals surface area (Å²) in [7, 11) is 3.54. The highest BCUT2D eigenvalue weighted by molar-refractivity contribution is 7.09. The van der Waals surface area contributed by atoms with Crippen LogP contribution in [-0.2, 0) is 16.6 Å². The Bertz CT molecular complexity index is 743. The highest BCUT2D eigenvalue weighted by atomic mass is 32.1. The molecule has 1 N–H and O–H groups in total. The molecular formula is C17H26N6O2S. The van der Waals surface area contributed by atoms with Crippen molar-refractivity contribution in [3.05, 3.63) is 23.8 Å². The number of aryl methyl sites for hydroxylation is 1. The lowest BCUT2D eigenvalue weighted by molar-refractivity contribution is -0.129. The molecule has 1 amide bonds. The second kappa shape index (κ2) is 8.13. The maximum atomic E-state index is 12.6. The van der Waals surface area contributed by atoms with E-state index in [9.17, 15) is 4.79 Å². The fourth-order valence-electron chi connectivity index (χ4n) is 3.30. The van der Waals surface area contributed by atoms with Crippen molar-refractivity contribution in [2.45, 2.75) is 32.2 Å². The maximum absolute atomic E-state index is 12.6. The fraction of sp³-hybridized carbons (Fsp3) is 0.647. The molecule has 0 bridgehead atoms. The average molecular weight is 379 g/mol. The van der Waals surface area contributed by atoms with Gasteiger partial charge >= 0.3 is 0 Å². The van der Waals surface area contributed by atoms with E-state index in [-0.39, 0.29) is 17.9 Å². The Morgan fingerprint density at radius 2 is 2.27 bits per heavy atom. The van der Waals surface area contributed by atoms with Gasteiger partial charge in [-0.05, 0) is 0 Å². The van der Waals surface area contributed by atoms with Crippen molar-refractivity contribution in [3.8, 4) is 0 Å².